The molecule has 1 unspecified atom stereocenters. The zero-order valence-corrected chi connectivity index (χ0v) is 18.8. The summed E-state index contributed by atoms with van der Waals surface area (Å²) in [5.41, 5.74) is 0.944. The third-order valence-electron chi connectivity index (χ3n) is 6.85. The first-order valence-corrected chi connectivity index (χ1v) is 12.1. The Morgan fingerprint density at radius 3 is 2.81 bits per heavy atom. The number of likely N-dealkylation sites (tertiary alicyclic amines) is 1. The van der Waals surface area contributed by atoms with E-state index >= 15 is 0 Å². The molecule has 2 aromatic rings. The fourth-order valence-electron chi connectivity index (χ4n) is 4.89. The van der Waals surface area contributed by atoms with Crippen molar-refractivity contribution < 1.29 is 23.8 Å². The highest BCUT2D eigenvalue weighted by Gasteiger charge is 2.37. The molecule has 2 saturated heterocycles. The van der Waals surface area contributed by atoms with Crippen LogP contribution in [0.1, 0.15) is 40.9 Å². The van der Waals surface area contributed by atoms with Crippen LogP contribution in [-0.2, 0) is 14.9 Å². The highest BCUT2D eigenvalue weighted by Crippen LogP contribution is 2.40. The lowest BCUT2D eigenvalue weighted by atomic mass is 9.74. The summed E-state index contributed by atoms with van der Waals surface area (Å²) in [6.07, 6.45) is 3.32. The molecule has 3 aliphatic heterocycles. The summed E-state index contributed by atoms with van der Waals surface area (Å²) in [5.74, 6) is 1.40. The van der Waals surface area contributed by atoms with Gasteiger partial charge in [-0.1, -0.05) is 12.1 Å². The molecule has 0 aliphatic carbocycles. The van der Waals surface area contributed by atoms with Crippen LogP contribution in [0.2, 0.25) is 0 Å². The molecule has 0 radical (unpaired) electrons. The Hall–Kier alpha value is -2.58. The van der Waals surface area contributed by atoms with Crippen LogP contribution in [0.3, 0.4) is 0 Å². The number of nitrogens with zero attached hydrogens (tertiary/aromatic N) is 1. The number of benzene rings is 1. The molecule has 3 aliphatic rings. The van der Waals surface area contributed by atoms with Crippen LogP contribution in [0.5, 0.6) is 11.5 Å². The molecule has 5 rings (SSSR count). The average Bonchev–Trinajstić information content (AvgIpc) is 3.54. The Bertz CT molecular complexity index is 971. The van der Waals surface area contributed by atoms with Gasteiger partial charge >= 0.3 is 0 Å². The fourth-order valence-corrected chi connectivity index (χ4v) is 5.58. The van der Waals surface area contributed by atoms with Gasteiger partial charge in [0.15, 0.2) is 11.5 Å². The van der Waals surface area contributed by atoms with Gasteiger partial charge in [-0.3, -0.25) is 9.59 Å². The van der Waals surface area contributed by atoms with Crippen LogP contribution in [0.4, 0.5) is 0 Å². The number of hydrogen-bond donors (Lipinski definition) is 1. The van der Waals surface area contributed by atoms with Gasteiger partial charge < -0.3 is 24.4 Å². The molecular weight excluding hydrogens is 428 g/mol. The summed E-state index contributed by atoms with van der Waals surface area (Å²) >= 11 is 1.45. The van der Waals surface area contributed by atoms with Crippen molar-refractivity contribution in [2.24, 2.45) is 5.92 Å². The number of amides is 2. The first-order valence-electron chi connectivity index (χ1n) is 11.2. The molecule has 2 amide bonds. The Morgan fingerprint density at radius 1 is 1.16 bits per heavy atom. The number of piperidine rings is 1. The first-order chi connectivity index (χ1) is 15.6. The van der Waals surface area contributed by atoms with Gasteiger partial charge in [-0.05, 0) is 54.8 Å². The topological polar surface area (TPSA) is 77.1 Å². The van der Waals surface area contributed by atoms with Gasteiger partial charge in [0.1, 0.15) is 0 Å². The Balaban J connectivity index is 1.26. The zero-order chi connectivity index (χ0) is 22.0. The minimum absolute atomic E-state index is 0.0266. The van der Waals surface area contributed by atoms with Gasteiger partial charge in [-0.2, -0.15) is 0 Å². The van der Waals surface area contributed by atoms with E-state index < -0.39 is 0 Å². The van der Waals surface area contributed by atoms with Crippen molar-refractivity contribution in [1.82, 2.24) is 10.2 Å². The monoisotopic (exact) mass is 456 g/mol. The number of fused-ring (bicyclic) bond motifs is 1. The highest BCUT2D eigenvalue weighted by molar-refractivity contribution is 7.12. The van der Waals surface area contributed by atoms with E-state index in [1.54, 1.807) is 0 Å². The van der Waals surface area contributed by atoms with E-state index in [2.05, 4.69) is 11.4 Å². The van der Waals surface area contributed by atoms with E-state index in [9.17, 15) is 9.59 Å². The molecule has 1 atom stereocenters. The lowest BCUT2D eigenvalue weighted by Gasteiger charge is -2.39. The van der Waals surface area contributed by atoms with Crippen molar-refractivity contribution in [2.45, 2.75) is 31.1 Å². The zero-order valence-electron chi connectivity index (χ0n) is 18.0. The smallest absolute Gasteiger partial charge is 0.263 e. The molecule has 2 fully saturated rings. The molecule has 7 nitrogen and oxygen atoms in total. The number of carbonyl (C=O) groups excluding carboxylic acids is 2. The summed E-state index contributed by atoms with van der Waals surface area (Å²) in [6.45, 7) is 3.30. The van der Waals surface area contributed by atoms with Crippen LogP contribution in [0, 0.1) is 5.92 Å². The average molecular weight is 457 g/mol. The summed E-state index contributed by atoms with van der Waals surface area (Å²) in [7, 11) is 0. The molecule has 170 valence electrons. The lowest BCUT2D eigenvalue weighted by Crippen LogP contribution is -2.49. The van der Waals surface area contributed by atoms with Crippen molar-refractivity contribution in [3.05, 3.63) is 46.2 Å². The van der Waals surface area contributed by atoms with Crippen LogP contribution in [-0.4, -0.2) is 56.4 Å². The quantitative estimate of drug-likeness (QED) is 0.748. The summed E-state index contributed by atoms with van der Waals surface area (Å²) in [4.78, 5) is 28.4. The van der Waals surface area contributed by atoms with Gasteiger partial charge in [-0.25, -0.2) is 0 Å². The first kappa shape index (κ1) is 21.3. The second-order valence-corrected chi connectivity index (χ2v) is 9.69. The Labute approximate surface area is 191 Å². The molecule has 0 saturated carbocycles. The fraction of sp³-hybridized carbons (Fsp3) is 0.500. The van der Waals surface area contributed by atoms with Crippen molar-refractivity contribution >= 4 is 23.2 Å². The number of ether oxygens (including phenoxy) is 3. The van der Waals surface area contributed by atoms with Crippen LogP contribution < -0.4 is 14.8 Å². The number of hydrogen-bond acceptors (Lipinski definition) is 6. The standard InChI is InChI=1S/C24H28N2O5S/c27-22(17-3-1-9-26(14-17)23(28)21-4-2-12-32-21)25-15-24(7-10-29-11-8-24)18-5-6-19-20(13-18)31-16-30-19/h2,4-6,12-13,17H,1,3,7-11,14-16H2,(H,25,27). The third-order valence-corrected chi connectivity index (χ3v) is 7.71. The lowest BCUT2D eigenvalue weighted by molar-refractivity contribution is -0.126. The Kier molecular flexibility index (Phi) is 6.06. The largest absolute Gasteiger partial charge is 0.454 e. The van der Waals surface area contributed by atoms with Crippen molar-refractivity contribution in [3.63, 3.8) is 0 Å². The minimum atomic E-state index is -0.198. The molecule has 8 heteroatoms. The summed E-state index contributed by atoms with van der Waals surface area (Å²) in [5, 5.41) is 5.13. The van der Waals surface area contributed by atoms with Crippen molar-refractivity contribution in [1.29, 1.82) is 0 Å². The van der Waals surface area contributed by atoms with E-state index in [0.29, 0.717) is 32.8 Å². The molecule has 1 N–H and O–H groups in total. The second-order valence-electron chi connectivity index (χ2n) is 8.75. The van der Waals surface area contributed by atoms with Gasteiger partial charge in [-0.15, -0.1) is 11.3 Å². The third kappa shape index (κ3) is 4.21. The predicted molar refractivity (Wildman–Crippen MR) is 120 cm³/mol. The van der Waals surface area contributed by atoms with Crippen molar-refractivity contribution in [2.75, 3.05) is 39.6 Å². The number of rotatable bonds is 5. The van der Waals surface area contributed by atoms with E-state index in [1.165, 1.54) is 11.3 Å². The van der Waals surface area contributed by atoms with Gasteiger partial charge in [0, 0.05) is 38.3 Å². The Morgan fingerprint density at radius 2 is 2.00 bits per heavy atom. The molecule has 32 heavy (non-hydrogen) atoms. The maximum atomic E-state index is 13.1. The molecule has 1 aromatic carbocycles. The summed E-state index contributed by atoms with van der Waals surface area (Å²) < 4.78 is 16.7. The second kappa shape index (κ2) is 9.11. The number of nitrogens with one attached hydrogen (secondary N) is 1. The van der Waals surface area contributed by atoms with E-state index in [1.807, 2.05) is 34.5 Å². The minimum Gasteiger partial charge on any atom is -0.454 e. The van der Waals surface area contributed by atoms with E-state index in [4.69, 9.17) is 14.2 Å². The molecule has 0 spiro atoms. The van der Waals surface area contributed by atoms with Gasteiger partial charge in [0.2, 0.25) is 12.7 Å². The van der Waals surface area contributed by atoms with Crippen LogP contribution in [0.25, 0.3) is 0 Å². The maximum Gasteiger partial charge on any atom is 0.263 e. The molecule has 1 aromatic heterocycles. The summed E-state index contributed by atoms with van der Waals surface area (Å²) in [6, 6.07) is 9.80. The predicted octanol–water partition coefficient (Wildman–Crippen LogP) is 3.19. The molecular formula is C24H28N2O5S. The van der Waals surface area contributed by atoms with Crippen LogP contribution >= 0.6 is 11.3 Å². The number of carbonyl (C=O) groups is 2. The maximum absolute atomic E-state index is 13.1. The van der Waals surface area contributed by atoms with Crippen LogP contribution in [0.15, 0.2) is 35.7 Å². The normalized spacial score (nSPS) is 21.9. The molecule has 4 heterocycles. The molecule has 0 bridgehead atoms. The number of thiophene rings is 1. The van der Waals surface area contributed by atoms with Crippen molar-refractivity contribution in [3.8, 4) is 11.5 Å². The van der Waals surface area contributed by atoms with E-state index in [-0.39, 0.29) is 29.9 Å². The van der Waals surface area contributed by atoms with Gasteiger partial charge in [0.05, 0.1) is 10.8 Å². The highest BCUT2D eigenvalue weighted by atomic mass is 32.1. The van der Waals surface area contributed by atoms with Gasteiger partial charge in [0.25, 0.3) is 5.91 Å². The van der Waals surface area contributed by atoms with E-state index in [0.717, 1.165) is 47.6 Å². The SMILES string of the molecule is O=C(NCC1(c2ccc3c(c2)OCO3)CCOCC1)C1CCCN(C(=O)c2cccs2)C1.